The lowest BCUT2D eigenvalue weighted by Crippen LogP contribution is -2.40. The first-order chi connectivity index (χ1) is 10.4. The first kappa shape index (κ1) is 17.6. The van der Waals surface area contributed by atoms with E-state index in [0.717, 1.165) is 0 Å². The molecule has 6 nitrogen and oxygen atoms in total. The minimum atomic E-state index is -1.08. The van der Waals surface area contributed by atoms with Crippen LogP contribution < -0.4 is 14.8 Å². The second-order valence-electron chi connectivity index (χ2n) is 4.69. The van der Waals surface area contributed by atoms with Crippen LogP contribution in [0.15, 0.2) is 24.3 Å². The van der Waals surface area contributed by atoms with Crippen LogP contribution in [-0.4, -0.2) is 37.2 Å². The molecule has 0 aliphatic heterocycles. The molecule has 1 unspecified atom stereocenters. The Bertz CT molecular complexity index is 580. The molecule has 1 aromatic carbocycles. The van der Waals surface area contributed by atoms with Gasteiger partial charge in [0, 0.05) is 5.56 Å². The van der Waals surface area contributed by atoms with Gasteiger partial charge >= 0.3 is 5.97 Å². The maximum absolute atomic E-state index is 12.3. The Hall–Kier alpha value is -2.50. The van der Waals surface area contributed by atoms with Crippen molar-refractivity contribution in [3.05, 3.63) is 35.4 Å². The van der Waals surface area contributed by atoms with Crippen LogP contribution in [0, 0.1) is 6.92 Å². The minimum absolute atomic E-state index is 0.226. The maximum atomic E-state index is 12.3. The Morgan fingerprint density at radius 1 is 1.27 bits per heavy atom. The standard InChI is InChI=1S/C16H21NO5/c1-5-6-7-12(16(19)20)17-15(18)11-9-14(22-4)13(21-3)8-10(11)2/h5-6,8-9,12H,7H2,1-4H3,(H,17,18)(H,19,20)/b6-5+. The average molecular weight is 307 g/mol. The Morgan fingerprint density at radius 2 is 1.86 bits per heavy atom. The number of nitrogens with one attached hydrogen (secondary N) is 1. The number of amides is 1. The van der Waals surface area contributed by atoms with Crippen molar-refractivity contribution in [2.45, 2.75) is 26.3 Å². The van der Waals surface area contributed by atoms with Crippen molar-refractivity contribution >= 4 is 11.9 Å². The molecule has 0 fully saturated rings. The second kappa shape index (κ2) is 8.07. The van der Waals surface area contributed by atoms with Gasteiger partial charge in [0.25, 0.3) is 5.91 Å². The highest BCUT2D eigenvalue weighted by molar-refractivity contribution is 5.98. The van der Waals surface area contributed by atoms with Crippen molar-refractivity contribution in [1.82, 2.24) is 5.32 Å². The molecule has 0 saturated heterocycles. The van der Waals surface area contributed by atoms with Gasteiger partial charge in [-0.2, -0.15) is 0 Å². The fourth-order valence-corrected chi connectivity index (χ4v) is 1.95. The number of benzene rings is 1. The lowest BCUT2D eigenvalue weighted by atomic mass is 10.1. The zero-order valence-corrected chi connectivity index (χ0v) is 13.2. The summed E-state index contributed by atoms with van der Waals surface area (Å²) < 4.78 is 10.3. The van der Waals surface area contributed by atoms with E-state index < -0.39 is 17.9 Å². The molecule has 1 aromatic rings. The molecule has 0 radical (unpaired) electrons. The molecule has 0 aliphatic carbocycles. The monoisotopic (exact) mass is 307 g/mol. The molecule has 120 valence electrons. The van der Waals surface area contributed by atoms with Gasteiger partial charge in [0.2, 0.25) is 0 Å². The Morgan fingerprint density at radius 3 is 2.36 bits per heavy atom. The van der Waals surface area contributed by atoms with E-state index in [-0.39, 0.29) is 6.42 Å². The van der Waals surface area contributed by atoms with Gasteiger partial charge in [-0.05, 0) is 38.0 Å². The largest absolute Gasteiger partial charge is 0.493 e. The lowest BCUT2D eigenvalue weighted by Gasteiger charge is -2.16. The van der Waals surface area contributed by atoms with Gasteiger partial charge < -0.3 is 19.9 Å². The highest BCUT2D eigenvalue weighted by Crippen LogP contribution is 2.30. The third-order valence-electron chi connectivity index (χ3n) is 3.19. The summed E-state index contributed by atoms with van der Waals surface area (Å²) in [6, 6.07) is 2.24. The molecular formula is C16H21NO5. The van der Waals surface area contributed by atoms with Crippen LogP contribution in [0.25, 0.3) is 0 Å². The lowest BCUT2D eigenvalue weighted by molar-refractivity contribution is -0.139. The number of rotatable bonds is 7. The fraction of sp³-hybridized carbons (Fsp3) is 0.375. The number of carbonyl (C=O) groups is 2. The summed E-state index contributed by atoms with van der Waals surface area (Å²) in [6.45, 7) is 3.54. The maximum Gasteiger partial charge on any atom is 0.326 e. The van der Waals surface area contributed by atoms with Crippen molar-refractivity contribution in [3.63, 3.8) is 0 Å². The van der Waals surface area contributed by atoms with Crippen LogP contribution in [0.1, 0.15) is 29.3 Å². The van der Waals surface area contributed by atoms with Gasteiger partial charge in [0.05, 0.1) is 14.2 Å². The summed E-state index contributed by atoms with van der Waals surface area (Å²) in [5, 5.41) is 11.7. The van der Waals surface area contributed by atoms with E-state index in [1.54, 1.807) is 32.1 Å². The van der Waals surface area contributed by atoms with Gasteiger partial charge in [-0.1, -0.05) is 12.2 Å². The van der Waals surface area contributed by atoms with Crippen LogP contribution in [-0.2, 0) is 4.79 Å². The van der Waals surface area contributed by atoms with Gasteiger partial charge in [0.1, 0.15) is 6.04 Å². The van der Waals surface area contributed by atoms with Crippen molar-refractivity contribution < 1.29 is 24.2 Å². The predicted octanol–water partition coefficient (Wildman–Crippen LogP) is 2.16. The number of hydrogen-bond donors (Lipinski definition) is 2. The SMILES string of the molecule is C/C=C/CC(NC(=O)c1cc(OC)c(OC)cc1C)C(=O)O. The molecule has 1 atom stereocenters. The molecule has 6 heteroatoms. The van der Waals surface area contributed by atoms with E-state index in [1.165, 1.54) is 20.3 Å². The van der Waals surface area contributed by atoms with Gasteiger partial charge in [-0.15, -0.1) is 0 Å². The van der Waals surface area contributed by atoms with Crippen molar-refractivity contribution in [2.75, 3.05) is 14.2 Å². The number of hydrogen-bond acceptors (Lipinski definition) is 4. The zero-order chi connectivity index (χ0) is 16.7. The molecule has 0 bridgehead atoms. The average Bonchev–Trinajstić information content (AvgIpc) is 2.50. The van der Waals surface area contributed by atoms with Crippen LogP contribution in [0.3, 0.4) is 0 Å². The Labute approximate surface area is 129 Å². The summed E-state index contributed by atoms with van der Waals surface area (Å²) in [7, 11) is 2.98. The van der Waals surface area contributed by atoms with Crippen LogP contribution in [0.4, 0.5) is 0 Å². The minimum Gasteiger partial charge on any atom is -0.493 e. The smallest absolute Gasteiger partial charge is 0.326 e. The van der Waals surface area contributed by atoms with E-state index in [0.29, 0.717) is 22.6 Å². The number of ether oxygens (including phenoxy) is 2. The number of carboxylic acid groups (broad SMARTS) is 1. The number of aryl methyl sites for hydroxylation is 1. The molecule has 22 heavy (non-hydrogen) atoms. The molecule has 0 heterocycles. The van der Waals surface area contributed by atoms with Crippen molar-refractivity contribution in [2.24, 2.45) is 0 Å². The summed E-state index contributed by atoms with van der Waals surface area (Å²) in [5.74, 6) is -0.612. The van der Waals surface area contributed by atoms with E-state index in [9.17, 15) is 9.59 Å². The number of allylic oxidation sites excluding steroid dienone is 1. The van der Waals surface area contributed by atoms with Gasteiger partial charge in [-0.25, -0.2) is 4.79 Å². The molecule has 1 amide bonds. The number of carboxylic acids is 1. The summed E-state index contributed by atoms with van der Waals surface area (Å²) in [6.07, 6.45) is 3.66. The molecule has 0 aliphatic rings. The first-order valence-corrected chi connectivity index (χ1v) is 6.82. The number of aliphatic carboxylic acids is 1. The summed E-state index contributed by atoms with van der Waals surface area (Å²) in [4.78, 5) is 23.5. The third-order valence-corrected chi connectivity index (χ3v) is 3.19. The molecule has 1 rings (SSSR count). The molecule has 0 spiro atoms. The zero-order valence-electron chi connectivity index (χ0n) is 13.2. The van der Waals surface area contributed by atoms with E-state index in [1.807, 2.05) is 0 Å². The van der Waals surface area contributed by atoms with Crippen molar-refractivity contribution in [3.8, 4) is 11.5 Å². The van der Waals surface area contributed by atoms with E-state index >= 15 is 0 Å². The quantitative estimate of drug-likeness (QED) is 0.754. The topological polar surface area (TPSA) is 84.9 Å². The number of methoxy groups -OCH3 is 2. The number of carbonyl (C=O) groups excluding carboxylic acids is 1. The molecule has 0 saturated carbocycles. The summed E-state index contributed by atoms with van der Waals surface area (Å²) >= 11 is 0. The molecule has 0 aromatic heterocycles. The van der Waals surface area contributed by atoms with Crippen molar-refractivity contribution in [1.29, 1.82) is 0 Å². The predicted molar refractivity (Wildman–Crippen MR) is 82.6 cm³/mol. The van der Waals surface area contributed by atoms with E-state index in [2.05, 4.69) is 5.32 Å². The normalized spacial score (nSPS) is 12.0. The van der Waals surface area contributed by atoms with Crippen LogP contribution in [0.5, 0.6) is 11.5 Å². The molecular weight excluding hydrogens is 286 g/mol. The van der Waals surface area contributed by atoms with E-state index in [4.69, 9.17) is 14.6 Å². The molecule has 2 N–H and O–H groups in total. The van der Waals surface area contributed by atoms with Crippen LogP contribution >= 0.6 is 0 Å². The summed E-state index contributed by atoms with van der Waals surface area (Å²) in [5.41, 5.74) is 1.02. The van der Waals surface area contributed by atoms with Crippen LogP contribution in [0.2, 0.25) is 0 Å². The Balaban J connectivity index is 3.03. The fourth-order valence-electron chi connectivity index (χ4n) is 1.95. The highest BCUT2D eigenvalue weighted by Gasteiger charge is 2.21. The highest BCUT2D eigenvalue weighted by atomic mass is 16.5. The second-order valence-corrected chi connectivity index (χ2v) is 4.69. The van der Waals surface area contributed by atoms with Gasteiger partial charge in [0.15, 0.2) is 11.5 Å². The van der Waals surface area contributed by atoms with Gasteiger partial charge in [-0.3, -0.25) is 4.79 Å². The first-order valence-electron chi connectivity index (χ1n) is 6.82. The Kier molecular flexibility index (Phi) is 6.44. The third kappa shape index (κ3) is 4.25.